The van der Waals surface area contributed by atoms with E-state index in [-0.39, 0.29) is 44.2 Å². The SMILES string of the molecule is CCNC(=O)[C@@H](Cc1ccccc1)N(Cc1ccc(F)cc1)C(=O)CCCN(c1ccc(F)cc1)S(C)(=O)=O. The minimum Gasteiger partial charge on any atom is -0.355 e. The van der Waals surface area contributed by atoms with Crippen LogP contribution in [0.25, 0.3) is 0 Å². The predicted molar refractivity (Wildman–Crippen MR) is 147 cm³/mol. The highest BCUT2D eigenvalue weighted by Gasteiger charge is 2.30. The number of likely N-dealkylation sites (N-methyl/N-ethyl adjacent to an activating group) is 1. The van der Waals surface area contributed by atoms with E-state index in [4.69, 9.17) is 0 Å². The third kappa shape index (κ3) is 8.88. The van der Waals surface area contributed by atoms with Crippen LogP contribution in [-0.2, 0) is 32.6 Å². The Morgan fingerprint density at radius 3 is 2.03 bits per heavy atom. The van der Waals surface area contributed by atoms with E-state index in [9.17, 15) is 26.8 Å². The zero-order valence-electron chi connectivity index (χ0n) is 22.0. The van der Waals surface area contributed by atoms with Gasteiger partial charge in [0.25, 0.3) is 0 Å². The van der Waals surface area contributed by atoms with E-state index >= 15 is 0 Å². The van der Waals surface area contributed by atoms with Crippen molar-refractivity contribution < 1.29 is 26.8 Å². The van der Waals surface area contributed by atoms with Gasteiger partial charge in [0.15, 0.2) is 0 Å². The van der Waals surface area contributed by atoms with Gasteiger partial charge in [-0.3, -0.25) is 13.9 Å². The maximum Gasteiger partial charge on any atom is 0.243 e. The Labute approximate surface area is 228 Å². The van der Waals surface area contributed by atoms with Gasteiger partial charge in [0.1, 0.15) is 17.7 Å². The summed E-state index contributed by atoms with van der Waals surface area (Å²) >= 11 is 0. The number of amides is 2. The van der Waals surface area contributed by atoms with Crippen molar-refractivity contribution in [1.29, 1.82) is 0 Å². The molecular formula is C29H33F2N3O4S. The van der Waals surface area contributed by atoms with Crippen molar-refractivity contribution in [1.82, 2.24) is 10.2 Å². The largest absolute Gasteiger partial charge is 0.355 e. The molecule has 0 spiro atoms. The zero-order chi connectivity index (χ0) is 28.4. The van der Waals surface area contributed by atoms with Gasteiger partial charge in [-0.15, -0.1) is 0 Å². The van der Waals surface area contributed by atoms with Crippen LogP contribution in [-0.4, -0.2) is 50.5 Å². The molecule has 0 unspecified atom stereocenters. The van der Waals surface area contributed by atoms with E-state index in [0.29, 0.717) is 17.8 Å². The van der Waals surface area contributed by atoms with Crippen LogP contribution in [0.15, 0.2) is 78.9 Å². The van der Waals surface area contributed by atoms with Crippen LogP contribution in [0, 0.1) is 11.6 Å². The molecule has 39 heavy (non-hydrogen) atoms. The van der Waals surface area contributed by atoms with Crippen LogP contribution < -0.4 is 9.62 Å². The van der Waals surface area contributed by atoms with Gasteiger partial charge in [-0.05, 0) is 60.9 Å². The minimum atomic E-state index is -3.69. The van der Waals surface area contributed by atoms with Crippen LogP contribution in [0.4, 0.5) is 14.5 Å². The number of hydrogen-bond acceptors (Lipinski definition) is 4. The number of sulfonamides is 1. The highest BCUT2D eigenvalue weighted by molar-refractivity contribution is 7.92. The third-order valence-electron chi connectivity index (χ3n) is 6.16. The van der Waals surface area contributed by atoms with E-state index in [1.165, 1.54) is 41.3 Å². The second kappa shape index (κ2) is 13.8. The molecule has 1 N–H and O–H groups in total. The molecule has 3 aromatic carbocycles. The first-order valence-electron chi connectivity index (χ1n) is 12.7. The van der Waals surface area contributed by atoms with E-state index in [0.717, 1.165) is 16.1 Å². The van der Waals surface area contributed by atoms with Crippen LogP contribution in [0.1, 0.15) is 30.9 Å². The first kappa shape index (κ1) is 29.8. The van der Waals surface area contributed by atoms with Crippen LogP contribution in [0.3, 0.4) is 0 Å². The minimum absolute atomic E-state index is 0.00883. The van der Waals surface area contributed by atoms with Crippen molar-refractivity contribution >= 4 is 27.5 Å². The number of carbonyl (C=O) groups is 2. The van der Waals surface area contributed by atoms with Crippen molar-refractivity contribution in [3.63, 3.8) is 0 Å². The highest BCUT2D eigenvalue weighted by atomic mass is 32.2. The van der Waals surface area contributed by atoms with Gasteiger partial charge in [-0.25, -0.2) is 17.2 Å². The summed E-state index contributed by atoms with van der Waals surface area (Å²) in [5.74, 6) is -1.57. The highest BCUT2D eigenvalue weighted by Crippen LogP contribution is 2.20. The molecule has 10 heteroatoms. The fraction of sp³-hybridized carbons (Fsp3) is 0.310. The fourth-order valence-electron chi connectivity index (χ4n) is 4.24. The second-order valence-electron chi connectivity index (χ2n) is 9.16. The second-order valence-corrected chi connectivity index (χ2v) is 11.1. The molecule has 0 radical (unpaired) electrons. The molecular weight excluding hydrogens is 524 g/mol. The molecule has 0 fully saturated rings. The van der Waals surface area contributed by atoms with E-state index < -0.39 is 27.7 Å². The molecule has 0 aliphatic carbocycles. The molecule has 0 aromatic heterocycles. The lowest BCUT2D eigenvalue weighted by Gasteiger charge is -2.32. The number of hydrogen-bond donors (Lipinski definition) is 1. The Balaban J connectivity index is 1.85. The molecule has 208 valence electrons. The summed E-state index contributed by atoms with van der Waals surface area (Å²) in [5, 5.41) is 2.81. The van der Waals surface area contributed by atoms with Gasteiger partial charge >= 0.3 is 0 Å². The molecule has 2 amide bonds. The Bertz CT molecular complexity index is 1340. The molecule has 0 aliphatic heterocycles. The number of carbonyl (C=O) groups excluding carboxylic acids is 2. The number of rotatable bonds is 13. The normalized spacial score (nSPS) is 12.0. The monoisotopic (exact) mass is 557 g/mol. The van der Waals surface area contributed by atoms with Crippen LogP contribution >= 0.6 is 0 Å². The Morgan fingerprint density at radius 2 is 1.46 bits per heavy atom. The molecule has 0 saturated heterocycles. The molecule has 0 saturated carbocycles. The number of nitrogens with one attached hydrogen (secondary N) is 1. The summed E-state index contributed by atoms with van der Waals surface area (Å²) < 4.78 is 52.9. The molecule has 1 atom stereocenters. The zero-order valence-corrected chi connectivity index (χ0v) is 22.8. The van der Waals surface area contributed by atoms with E-state index in [2.05, 4.69) is 5.32 Å². The lowest BCUT2D eigenvalue weighted by atomic mass is 10.0. The molecule has 7 nitrogen and oxygen atoms in total. The van der Waals surface area contributed by atoms with Gasteiger partial charge in [0, 0.05) is 32.5 Å². The van der Waals surface area contributed by atoms with Crippen LogP contribution in [0.5, 0.6) is 0 Å². The maximum absolute atomic E-state index is 13.6. The average molecular weight is 558 g/mol. The predicted octanol–water partition coefficient (Wildman–Crippen LogP) is 4.29. The van der Waals surface area contributed by atoms with Gasteiger partial charge in [0.2, 0.25) is 21.8 Å². The van der Waals surface area contributed by atoms with Gasteiger partial charge in [-0.1, -0.05) is 42.5 Å². The molecule has 0 heterocycles. The maximum atomic E-state index is 13.6. The molecule has 0 bridgehead atoms. The quantitative estimate of drug-likeness (QED) is 0.340. The lowest BCUT2D eigenvalue weighted by molar-refractivity contribution is -0.141. The standard InChI is InChI=1S/C29H33F2N3O4S/c1-3-32-29(36)27(20-22-8-5-4-6-9-22)33(21-23-11-13-24(30)14-12-23)28(35)10-7-19-34(39(2,37)38)26-17-15-25(31)16-18-26/h4-6,8-9,11-18,27H,3,7,10,19-21H2,1-2H3,(H,32,36)/t27-/m1/s1. The fourth-order valence-corrected chi connectivity index (χ4v) is 5.21. The molecule has 3 aromatic rings. The van der Waals surface area contributed by atoms with Gasteiger partial charge in [-0.2, -0.15) is 0 Å². The third-order valence-corrected chi connectivity index (χ3v) is 7.35. The number of benzene rings is 3. The summed E-state index contributed by atoms with van der Waals surface area (Å²) in [5.41, 5.74) is 1.81. The molecule has 0 aliphatic rings. The topological polar surface area (TPSA) is 86.8 Å². The van der Waals surface area contributed by atoms with Crippen molar-refractivity contribution in [2.75, 3.05) is 23.7 Å². The summed E-state index contributed by atoms with van der Waals surface area (Å²) in [4.78, 5) is 28.3. The number of nitrogens with zero attached hydrogens (tertiary/aromatic N) is 2. The number of halogens is 2. The summed E-state index contributed by atoms with van der Waals surface area (Å²) in [7, 11) is -3.69. The summed E-state index contributed by atoms with van der Waals surface area (Å²) in [6.07, 6.45) is 1.43. The van der Waals surface area contributed by atoms with Gasteiger partial charge < -0.3 is 10.2 Å². The van der Waals surface area contributed by atoms with E-state index in [1.54, 1.807) is 19.1 Å². The smallest absolute Gasteiger partial charge is 0.243 e. The Kier molecular flexibility index (Phi) is 10.6. The summed E-state index contributed by atoms with van der Waals surface area (Å²) in [6, 6.07) is 19.3. The summed E-state index contributed by atoms with van der Waals surface area (Å²) in [6.45, 7) is 2.23. The average Bonchev–Trinajstić information content (AvgIpc) is 2.90. The van der Waals surface area contributed by atoms with Gasteiger partial charge in [0.05, 0.1) is 11.9 Å². The first-order chi connectivity index (χ1) is 18.6. The number of anilines is 1. The van der Waals surface area contributed by atoms with Crippen molar-refractivity contribution in [2.45, 2.75) is 38.8 Å². The lowest BCUT2D eigenvalue weighted by Crippen LogP contribution is -2.50. The van der Waals surface area contributed by atoms with Crippen molar-refractivity contribution in [2.24, 2.45) is 0 Å². The van der Waals surface area contributed by atoms with Crippen molar-refractivity contribution in [3.05, 3.63) is 102 Å². The first-order valence-corrected chi connectivity index (χ1v) is 14.5. The Hall–Kier alpha value is -3.79. The van der Waals surface area contributed by atoms with Crippen molar-refractivity contribution in [3.8, 4) is 0 Å². The Morgan fingerprint density at radius 1 is 0.872 bits per heavy atom. The van der Waals surface area contributed by atoms with Crippen LogP contribution in [0.2, 0.25) is 0 Å². The van der Waals surface area contributed by atoms with E-state index in [1.807, 2.05) is 30.3 Å². The molecule has 3 rings (SSSR count).